The molecule has 28 heavy (non-hydrogen) atoms. The SMILES string of the molecule is Cn1c(=O)c2c3c(sc2n2c(SCc4ccc(Cl)c(Cl)c4)nnc12)CCCC3. The molecular formula is C19H16Cl2N4OS2. The number of nitrogens with zero attached hydrogens (tertiary/aromatic N) is 4. The van der Waals surface area contributed by atoms with Crippen LogP contribution in [0.4, 0.5) is 0 Å². The van der Waals surface area contributed by atoms with Crippen molar-refractivity contribution in [3.8, 4) is 0 Å². The highest BCUT2D eigenvalue weighted by Gasteiger charge is 2.24. The highest BCUT2D eigenvalue weighted by molar-refractivity contribution is 7.98. The Kier molecular flexibility index (Phi) is 4.66. The Morgan fingerprint density at radius 1 is 1.18 bits per heavy atom. The van der Waals surface area contributed by atoms with Gasteiger partial charge in [0.1, 0.15) is 4.83 Å². The fraction of sp³-hybridized carbons (Fsp3) is 0.316. The fourth-order valence-corrected chi connectivity index (χ4v) is 6.35. The third-order valence-corrected chi connectivity index (χ3v) is 8.16. The van der Waals surface area contributed by atoms with Gasteiger partial charge in [0.05, 0.1) is 15.4 Å². The molecule has 1 aliphatic carbocycles. The quantitative estimate of drug-likeness (QED) is 0.406. The van der Waals surface area contributed by atoms with Gasteiger partial charge in [0.2, 0.25) is 5.78 Å². The molecule has 0 unspecified atom stereocenters. The molecule has 0 aliphatic heterocycles. The first-order valence-electron chi connectivity index (χ1n) is 8.99. The Bertz CT molecular complexity index is 1290. The second kappa shape index (κ2) is 7.06. The molecule has 5 nitrogen and oxygen atoms in total. The van der Waals surface area contributed by atoms with Crippen LogP contribution in [0.3, 0.4) is 0 Å². The summed E-state index contributed by atoms with van der Waals surface area (Å²) in [5, 5.41) is 11.4. The zero-order valence-electron chi connectivity index (χ0n) is 15.0. The minimum Gasteiger partial charge on any atom is -0.279 e. The van der Waals surface area contributed by atoms with Crippen molar-refractivity contribution in [2.75, 3.05) is 0 Å². The second-order valence-electron chi connectivity index (χ2n) is 6.91. The van der Waals surface area contributed by atoms with E-state index in [4.69, 9.17) is 23.2 Å². The summed E-state index contributed by atoms with van der Waals surface area (Å²) in [6.45, 7) is 0. The van der Waals surface area contributed by atoms with Crippen LogP contribution in [0.2, 0.25) is 10.0 Å². The van der Waals surface area contributed by atoms with Gasteiger partial charge in [0.25, 0.3) is 5.56 Å². The van der Waals surface area contributed by atoms with E-state index in [1.807, 2.05) is 16.5 Å². The number of aryl methyl sites for hydroxylation is 3. The predicted molar refractivity (Wildman–Crippen MR) is 116 cm³/mol. The predicted octanol–water partition coefficient (Wildman–Crippen LogP) is 5.12. The lowest BCUT2D eigenvalue weighted by Crippen LogP contribution is -2.20. The van der Waals surface area contributed by atoms with E-state index in [0.717, 1.165) is 40.2 Å². The van der Waals surface area contributed by atoms with Gasteiger partial charge in [0, 0.05) is 17.7 Å². The van der Waals surface area contributed by atoms with E-state index in [0.29, 0.717) is 21.6 Å². The molecule has 3 aromatic heterocycles. The molecule has 0 N–H and O–H groups in total. The number of halogens is 2. The third-order valence-electron chi connectivity index (χ3n) is 5.14. The molecule has 9 heteroatoms. The molecular weight excluding hydrogens is 435 g/mol. The van der Waals surface area contributed by atoms with Crippen molar-refractivity contribution in [3.05, 3.63) is 54.6 Å². The summed E-state index contributed by atoms with van der Waals surface area (Å²) in [6, 6.07) is 5.63. The maximum atomic E-state index is 13.0. The molecule has 0 saturated carbocycles. The minimum atomic E-state index is 0.0235. The van der Waals surface area contributed by atoms with Crippen molar-refractivity contribution in [3.63, 3.8) is 0 Å². The van der Waals surface area contributed by atoms with Gasteiger partial charge in [-0.3, -0.25) is 9.36 Å². The molecule has 1 aliphatic rings. The van der Waals surface area contributed by atoms with Gasteiger partial charge in [-0.15, -0.1) is 21.5 Å². The van der Waals surface area contributed by atoms with Gasteiger partial charge in [-0.1, -0.05) is 41.0 Å². The molecule has 4 aromatic rings. The van der Waals surface area contributed by atoms with Crippen molar-refractivity contribution in [2.24, 2.45) is 7.05 Å². The molecule has 0 atom stereocenters. The lowest BCUT2D eigenvalue weighted by atomic mass is 9.97. The average Bonchev–Trinajstić information content (AvgIpc) is 3.28. The summed E-state index contributed by atoms with van der Waals surface area (Å²) < 4.78 is 3.64. The van der Waals surface area contributed by atoms with E-state index in [1.54, 1.807) is 40.8 Å². The first kappa shape index (κ1) is 18.5. The van der Waals surface area contributed by atoms with Crippen molar-refractivity contribution in [2.45, 2.75) is 36.6 Å². The molecule has 1 aromatic carbocycles. The Balaban J connectivity index is 1.64. The van der Waals surface area contributed by atoms with E-state index in [2.05, 4.69) is 10.2 Å². The van der Waals surface area contributed by atoms with Gasteiger partial charge in [0.15, 0.2) is 5.16 Å². The third kappa shape index (κ3) is 2.87. The summed E-state index contributed by atoms with van der Waals surface area (Å²) in [7, 11) is 1.77. The number of fused-ring (bicyclic) bond motifs is 5. The van der Waals surface area contributed by atoms with Gasteiger partial charge in [-0.2, -0.15) is 0 Å². The van der Waals surface area contributed by atoms with Crippen molar-refractivity contribution >= 4 is 62.3 Å². The molecule has 0 saturated heterocycles. The Labute approximate surface area is 179 Å². The summed E-state index contributed by atoms with van der Waals surface area (Å²) in [5.41, 5.74) is 2.31. The number of thiophene rings is 1. The summed E-state index contributed by atoms with van der Waals surface area (Å²) in [4.78, 5) is 15.3. The van der Waals surface area contributed by atoms with E-state index in [1.165, 1.54) is 16.9 Å². The summed E-state index contributed by atoms with van der Waals surface area (Å²) in [6.07, 6.45) is 4.35. The van der Waals surface area contributed by atoms with Gasteiger partial charge in [-0.05, 0) is 48.9 Å². The van der Waals surface area contributed by atoms with E-state index < -0.39 is 0 Å². The number of rotatable bonds is 3. The van der Waals surface area contributed by atoms with E-state index in [9.17, 15) is 4.79 Å². The van der Waals surface area contributed by atoms with Gasteiger partial charge >= 0.3 is 0 Å². The maximum absolute atomic E-state index is 13.0. The van der Waals surface area contributed by atoms with E-state index in [-0.39, 0.29) is 5.56 Å². The molecule has 0 radical (unpaired) electrons. The minimum absolute atomic E-state index is 0.0235. The molecule has 0 amide bonds. The highest BCUT2D eigenvalue weighted by atomic mass is 35.5. The van der Waals surface area contributed by atoms with Crippen LogP contribution in [0.1, 0.15) is 28.8 Å². The monoisotopic (exact) mass is 450 g/mol. The Morgan fingerprint density at radius 3 is 2.82 bits per heavy atom. The molecule has 3 heterocycles. The number of benzene rings is 1. The van der Waals surface area contributed by atoms with Crippen LogP contribution < -0.4 is 5.56 Å². The first-order chi connectivity index (χ1) is 13.5. The normalized spacial score (nSPS) is 14.1. The van der Waals surface area contributed by atoms with Crippen LogP contribution in [0.5, 0.6) is 0 Å². The van der Waals surface area contributed by atoms with Gasteiger partial charge in [-0.25, -0.2) is 4.40 Å². The average molecular weight is 451 g/mol. The second-order valence-corrected chi connectivity index (χ2v) is 9.75. The standard InChI is InChI=1S/C19H16Cl2N4OS2/c1-24-16(26)15-11-4-2-3-5-14(11)28-17(15)25-18(24)22-23-19(25)27-9-10-6-7-12(20)13(21)8-10/h6-8H,2-5,9H2,1H3. The van der Waals surface area contributed by atoms with Crippen LogP contribution in [-0.4, -0.2) is 19.2 Å². The van der Waals surface area contributed by atoms with Crippen LogP contribution in [-0.2, 0) is 25.6 Å². The van der Waals surface area contributed by atoms with Crippen LogP contribution in [0, 0.1) is 0 Å². The lowest BCUT2D eigenvalue weighted by molar-refractivity contribution is 0.699. The number of thioether (sulfide) groups is 1. The highest BCUT2D eigenvalue weighted by Crippen LogP contribution is 2.36. The molecule has 5 rings (SSSR count). The van der Waals surface area contributed by atoms with Crippen LogP contribution in [0.25, 0.3) is 16.0 Å². The van der Waals surface area contributed by atoms with Crippen LogP contribution in [0.15, 0.2) is 28.2 Å². The molecule has 0 fully saturated rings. The largest absolute Gasteiger partial charge is 0.279 e. The number of hydrogen-bond donors (Lipinski definition) is 0. The number of aromatic nitrogens is 4. The van der Waals surface area contributed by atoms with Crippen molar-refractivity contribution in [1.29, 1.82) is 0 Å². The summed E-state index contributed by atoms with van der Waals surface area (Å²) >= 11 is 15.4. The topological polar surface area (TPSA) is 52.2 Å². The zero-order valence-corrected chi connectivity index (χ0v) is 18.2. The zero-order chi connectivity index (χ0) is 19.4. The number of hydrogen-bond acceptors (Lipinski definition) is 5. The maximum Gasteiger partial charge on any atom is 0.263 e. The Hall–Kier alpha value is -1.54. The van der Waals surface area contributed by atoms with E-state index >= 15 is 0 Å². The Morgan fingerprint density at radius 2 is 2.00 bits per heavy atom. The van der Waals surface area contributed by atoms with Crippen molar-refractivity contribution in [1.82, 2.24) is 19.2 Å². The van der Waals surface area contributed by atoms with Gasteiger partial charge < -0.3 is 0 Å². The molecule has 144 valence electrons. The van der Waals surface area contributed by atoms with Crippen LogP contribution >= 0.6 is 46.3 Å². The molecule has 0 bridgehead atoms. The fourth-order valence-electron chi connectivity index (χ4n) is 3.72. The summed E-state index contributed by atoms with van der Waals surface area (Å²) in [5.74, 6) is 1.26. The lowest BCUT2D eigenvalue weighted by Gasteiger charge is -2.10. The first-order valence-corrected chi connectivity index (χ1v) is 11.6. The smallest absolute Gasteiger partial charge is 0.263 e. The molecule has 0 spiro atoms. The van der Waals surface area contributed by atoms with Crippen molar-refractivity contribution < 1.29 is 0 Å².